The van der Waals surface area contributed by atoms with Crippen molar-refractivity contribution in [2.24, 2.45) is 0 Å². The van der Waals surface area contributed by atoms with Gasteiger partial charge in [-0.1, -0.05) is 111 Å². The molecule has 5 aromatic carbocycles. The van der Waals surface area contributed by atoms with Gasteiger partial charge in [0, 0.05) is 18.8 Å². The van der Waals surface area contributed by atoms with Crippen LogP contribution in [0.2, 0.25) is 0 Å². The van der Waals surface area contributed by atoms with Crippen molar-refractivity contribution in [3.63, 3.8) is 0 Å². The molecule has 0 heterocycles. The Hall–Kier alpha value is -4.34. The Morgan fingerprint density at radius 3 is 1.64 bits per heavy atom. The van der Waals surface area contributed by atoms with Gasteiger partial charge in [0.1, 0.15) is 18.5 Å². The first-order valence-corrected chi connectivity index (χ1v) is 14.8. The Balaban J connectivity index is 1.42. The lowest BCUT2D eigenvalue weighted by atomic mass is 9.90. The summed E-state index contributed by atoms with van der Waals surface area (Å²) in [4.78, 5) is 2.41. The largest absolute Gasteiger partial charge is 0.489 e. The van der Waals surface area contributed by atoms with Crippen LogP contribution < -0.4 is 9.64 Å². The monoisotopic (exact) mass is 555 g/mol. The second-order valence-electron chi connectivity index (χ2n) is 11.4. The smallest absolute Gasteiger partial charge is 0.123 e. The van der Waals surface area contributed by atoms with Gasteiger partial charge in [-0.25, -0.2) is 0 Å². The molecule has 0 fully saturated rings. The van der Waals surface area contributed by atoms with Gasteiger partial charge in [-0.15, -0.1) is 0 Å². The molecule has 1 N–H and O–H groups in total. The van der Waals surface area contributed by atoms with Crippen molar-refractivity contribution in [1.29, 1.82) is 0 Å². The van der Waals surface area contributed by atoms with E-state index < -0.39 is 6.10 Å². The number of ether oxygens (including phenoxy) is 1. The summed E-state index contributed by atoms with van der Waals surface area (Å²) >= 11 is 0. The molecule has 0 spiro atoms. The van der Waals surface area contributed by atoms with E-state index in [0.29, 0.717) is 6.61 Å². The number of rotatable bonds is 11. The van der Waals surface area contributed by atoms with Crippen molar-refractivity contribution in [2.45, 2.75) is 59.4 Å². The molecule has 3 heteroatoms. The number of benzene rings is 5. The third-order valence-electron chi connectivity index (χ3n) is 7.86. The summed E-state index contributed by atoms with van der Waals surface area (Å²) in [6.07, 6.45) is -0.726. The molecule has 0 aromatic heterocycles. The lowest BCUT2D eigenvalue weighted by Gasteiger charge is -2.28. The first-order valence-electron chi connectivity index (χ1n) is 14.8. The van der Waals surface area contributed by atoms with Crippen molar-refractivity contribution in [3.05, 3.63) is 166 Å². The minimum absolute atomic E-state index is 0.261. The van der Waals surface area contributed by atoms with E-state index in [1.165, 1.54) is 11.1 Å². The molecular weight excluding hydrogens is 514 g/mol. The van der Waals surface area contributed by atoms with Crippen LogP contribution in [-0.2, 0) is 19.7 Å². The minimum atomic E-state index is -0.726. The number of nitrogens with zero attached hydrogens (tertiary/aromatic N) is 1. The highest BCUT2D eigenvalue weighted by molar-refractivity contribution is 5.57. The summed E-state index contributed by atoms with van der Waals surface area (Å²) in [6.45, 7) is 10.7. The molecule has 0 saturated heterocycles. The predicted octanol–water partition coefficient (Wildman–Crippen LogP) is 9.29. The van der Waals surface area contributed by atoms with Crippen LogP contribution in [0.3, 0.4) is 0 Å². The summed E-state index contributed by atoms with van der Waals surface area (Å²) in [7, 11) is 0. The maximum atomic E-state index is 11.7. The Morgan fingerprint density at radius 2 is 1.14 bits per heavy atom. The van der Waals surface area contributed by atoms with Crippen LogP contribution in [0.15, 0.2) is 121 Å². The maximum Gasteiger partial charge on any atom is 0.123 e. The van der Waals surface area contributed by atoms with Crippen molar-refractivity contribution < 1.29 is 9.84 Å². The second-order valence-corrected chi connectivity index (χ2v) is 11.4. The zero-order chi connectivity index (χ0) is 29.5. The fourth-order valence-electron chi connectivity index (χ4n) is 5.63. The number of hydrogen-bond acceptors (Lipinski definition) is 3. The standard InChI is InChI=1S/C39H41NO2/c1-28(2)36-24-34(20-21-37(36)42-27-33-18-12-7-13-19-33)39(41)38-29(3)22-35(23-30(38)4)40(25-31-14-8-5-9-15-31)26-32-16-10-6-11-17-32/h5-24,28,39,41H,25-27H2,1-4H3. The molecule has 0 amide bonds. The van der Waals surface area contributed by atoms with Gasteiger partial charge in [-0.05, 0) is 88.5 Å². The Kier molecular flexibility index (Phi) is 9.41. The van der Waals surface area contributed by atoms with Crippen LogP contribution in [0.4, 0.5) is 5.69 Å². The molecule has 0 aliphatic carbocycles. The molecular formula is C39H41NO2. The molecule has 42 heavy (non-hydrogen) atoms. The number of aliphatic hydroxyl groups is 1. The minimum Gasteiger partial charge on any atom is -0.489 e. The van der Waals surface area contributed by atoms with Gasteiger partial charge in [0.05, 0.1) is 0 Å². The van der Waals surface area contributed by atoms with Crippen LogP contribution >= 0.6 is 0 Å². The Bertz CT molecular complexity index is 1520. The number of aryl methyl sites for hydroxylation is 2. The Labute approximate surface area is 251 Å². The number of anilines is 1. The van der Waals surface area contributed by atoms with Crippen LogP contribution in [0.1, 0.15) is 70.4 Å². The number of hydrogen-bond donors (Lipinski definition) is 1. The first-order chi connectivity index (χ1) is 20.4. The lowest BCUT2D eigenvalue weighted by molar-refractivity contribution is 0.218. The summed E-state index contributed by atoms with van der Waals surface area (Å²) in [5.41, 5.74) is 9.94. The highest BCUT2D eigenvalue weighted by Gasteiger charge is 2.21. The third-order valence-corrected chi connectivity index (χ3v) is 7.86. The summed E-state index contributed by atoms with van der Waals surface area (Å²) in [6, 6.07) is 42.0. The molecule has 0 aliphatic rings. The van der Waals surface area contributed by atoms with E-state index in [1.807, 2.05) is 30.3 Å². The SMILES string of the molecule is Cc1cc(N(Cc2ccccc2)Cc2ccccc2)cc(C)c1C(O)c1ccc(OCc2ccccc2)c(C(C)C)c1. The van der Waals surface area contributed by atoms with Gasteiger partial charge in [0.2, 0.25) is 0 Å². The van der Waals surface area contributed by atoms with E-state index in [-0.39, 0.29) is 5.92 Å². The highest BCUT2D eigenvalue weighted by atomic mass is 16.5. The van der Waals surface area contributed by atoms with E-state index in [9.17, 15) is 5.11 Å². The predicted molar refractivity (Wildman–Crippen MR) is 174 cm³/mol. The summed E-state index contributed by atoms with van der Waals surface area (Å²) < 4.78 is 6.22. The van der Waals surface area contributed by atoms with E-state index in [4.69, 9.17) is 4.74 Å². The van der Waals surface area contributed by atoms with Gasteiger partial charge in [0.15, 0.2) is 0 Å². The molecule has 0 bridgehead atoms. The van der Waals surface area contributed by atoms with E-state index in [2.05, 4.69) is 124 Å². The lowest BCUT2D eigenvalue weighted by Crippen LogP contribution is -2.22. The van der Waals surface area contributed by atoms with Crippen LogP contribution in [0.25, 0.3) is 0 Å². The fraction of sp³-hybridized carbons (Fsp3) is 0.231. The van der Waals surface area contributed by atoms with Crippen molar-refractivity contribution in [2.75, 3.05) is 4.90 Å². The van der Waals surface area contributed by atoms with Gasteiger partial charge >= 0.3 is 0 Å². The highest BCUT2D eigenvalue weighted by Crippen LogP contribution is 2.36. The van der Waals surface area contributed by atoms with Crippen LogP contribution in [0.5, 0.6) is 5.75 Å². The fourth-order valence-corrected chi connectivity index (χ4v) is 5.63. The average molecular weight is 556 g/mol. The molecule has 5 aromatic rings. The summed E-state index contributed by atoms with van der Waals surface area (Å²) in [5, 5.41) is 11.7. The van der Waals surface area contributed by atoms with Crippen molar-refractivity contribution in [1.82, 2.24) is 0 Å². The third kappa shape index (κ3) is 7.10. The van der Waals surface area contributed by atoms with E-state index >= 15 is 0 Å². The van der Waals surface area contributed by atoms with Crippen molar-refractivity contribution in [3.8, 4) is 5.75 Å². The Morgan fingerprint density at radius 1 is 0.643 bits per heavy atom. The molecule has 214 valence electrons. The van der Waals surface area contributed by atoms with Gasteiger partial charge in [-0.2, -0.15) is 0 Å². The average Bonchev–Trinajstić information content (AvgIpc) is 3.00. The first kappa shape index (κ1) is 29.2. The molecule has 0 saturated carbocycles. The molecule has 5 rings (SSSR count). The molecule has 3 nitrogen and oxygen atoms in total. The van der Waals surface area contributed by atoms with Crippen molar-refractivity contribution >= 4 is 5.69 Å². The molecule has 1 unspecified atom stereocenters. The second kappa shape index (κ2) is 13.5. The molecule has 0 radical (unpaired) electrons. The van der Waals surface area contributed by atoms with Crippen LogP contribution in [-0.4, -0.2) is 5.11 Å². The van der Waals surface area contributed by atoms with E-state index in [1.54, 1.807) is 0 Å². The quantitative estimate of drug-likeness (QED) is 0.176. The molecule has 1 atom stereocenters. The van der Waals surface area contributed by atoms with Gasteiger partial charge < -0.3 is 14.7 Å². The van der Waals surface area contributed by atoms with Gasteiger partial charge in [0.25, 0.3) is 0 Å². The number of aliphatic hydroxyl groups excluding tert-OH is 1. The van der Waals surface area contributed by atoms with Crippen LogP contribution in [0, 0.1) is 13.8 Å². The summed E-state index contributed by atoms with van der Waals surface area (Å²) in [5.74, 6) is 1.13. The van der Waals surface area contributed by atoms with Gasteiger partial charge in [-0.3, -0.25) is 0 Å². The zero-order valence-corrected chi connectivity index (χ0v) is 25.1. The molecule has 0 aliphatic heterocycles. The maximum absolute atomic E-state index is 11.7. The normalized spacial score (nSPS) is 11.9. The topological polar surface area (TPSA) is 32.7 Å². The zero-order valence-electron chi connectivity index (χ0n) is 25.1. The van der Waals surface area contributed by atoms with E-state index in [0.717, 1.165) is 57.9 Å².